The van der Waals surface area contributed by atoms with Crippen LogP contribution in [0, 0.1) is 20.8 Å². The summed E-state index contributed by atoms with van der Waals surface area (Å²) in [7, 11) is 1.60. The van der Waals surface area contributed by atoms with Crippen LogP contribution in [0.25, 0.3) is 0 Å². The lowest BCUT2D eigenvalue weighted by Gasteiger charge is -2.15. The molecule has 1 amide bonds. The minimum Gasteiger partial charge on any atom is -0.508 e. The van der Waals surface area contributed by atoms with E-state index < -0.39 is 6.09 Å². The zero-order valence-electron chi connectivity index (χ0n) is 13.8. The SMILES string of the molecule is COc1ccc(COC(=O)Nc2c(C)cc(O)c(C)c2C)cc1. The summed E-state index contributed by atoms with van der Waals surface area (Å²) >= 11 is 0. The molecule has 0 aliphatic heterocycles. The van der Waals surface area contributed by atoms with Crippen LogP contribution in [-0.4, -0.2) is 18.3 Å². The summed E-state index contributed by atoms with van der Waals surface area (Å²) in [6.45, 7) is 5.65. The van der Waals surface area contributed by atoms with Crippen molar-refractivity contribution in [3.63, 3.8) is 0 Å². The molecule has 2 N–H and O–H groups in total. The number of hydrogen-bond acceptors (Lipinski definition) is 4. The van der Waals surface area contributed by atoms with Crippen LogP contribution in [0.2, 0.25) is 0 Å². The molecule has 2 aromatic rings. The first-order chi connectivity index (χ1) is 10.9. The van der Waals surface area contributed by atoms with Gasteiger partial charge < -0.3 is 14.6 Å². The standard InChI is InChI=1S/C18H21NO4/c1-11-9-16(20)12(2)13(3)17(11)19-18(21)23-10-14-5-7-15(22-4)8-6-14/h5-9,20H,10H2,1-4H3,(H,19,21). The third kappa shape index (κ3) is 3.94. The van der Waals surface area contributed by atoms with E-state index in [0.717, 1.165) is 28.0 Å². The van der Waals surface area contributed by atoms with Gasteiger partial charge in [0.15, 0.2) is 0 Å². The average Bonchev–Trinajstić information content (AvgIpc) is 2.55. The van der Waals surface area contributed by atoms with Crippen LogP contribution in [-0.2, 0) is 11.3 Å². The topological polar surface area (TPSA) is 67.8 Å². The number of methoxy groups -OCH3 is 1. The molecule has 0 aliphatic carbocycles. The van der Waals surface area contributed by atoms with Gasteiger partial charge in [-0.05, 0) is 61.2 Å². The Labute approximate surface area is 135 Å². The number of phenolic OH excluding ortho intramolecular Hbond substituents is 1. The number of aryl methyl sites for hydroxylation is 1. The van der Waals surface area contributed by atoms with Gasteiger partial charge in [0, 0.05) is 0 Å². The maximum Gasteiger partial charge on any atom is 0.411 e. The summed E-state index contributed by atoms with van der Waals surface area (Å²) in [5.74, 6) is 0.973. The highest BCUT2D eigenvalue weighted by atomic mass is 16.5. The molecular weight excluding hydrogens is 294 g/mol. The Morgan fingerprint density at radius 1 is 1.13 bits per heavy atom. The van der Waals surface area contributed by atoms with Crippen molar-refractivity contribution >= 4 is 11.8 Å². The number of aromatic hydroxyl groups is 1. The van der Waals surface area contributed by atoms with Crippen molar-refractivity contribution in [2.24, 2.45) is 0 Å². The van der Waals surface area contributed by atoms with Crippen molar-refractivity contribution in [3.8, 4) is 11.5 Å². The summed E-state index contributed by atoms with van der Waals surface area (Å²) in [4.78, 5) is 12.0. The summed E-state index contributed by atoms with van der Waals surface area (Å²) in [5, 5.41) is 12.5. The maximum atomic E-state index is 12.0. The first kappa shape index (κ1) is 16.7. The van der Waals surface area contributed by atoms with Crippen molar-refractivity contribution in [2.75, 3.05) is 12.4 Å². The number of nitrogens with one attached hydrogen (secondary N) is 1. The Morgan fingerprint density at radius 2 is 1.78 bits per heavy atom. The van der Waals surface area contributed by atoms with Gasteiger partial charge in [-0.15, -0.1) is 0 Å². The zero-order chi connectivity index (χ0) is 17.0. The summed E-state index contributed by atoms with van der Waals surface area (Å²) < 4.78 is 10.3. The van der Waals surface area contributed by atoms with Crippen molar-refractivity contribution in [2.45, 2.75) is 27.4 Å². The van der Waals surface area contributed by atoms with Gasteiger partial charge in [0.25, 0.3) is 0 Å². The number of anilines is 1. The fourth-order valence-electron chi connectivity index (χ4n) is 2.26. The van der Waals surface area contributed by atoms with Crippen LogP contribution in [0.5, 0.6) is 11.5 Å². The molecule has 0 aromatic heterocycles. The highest BCUT2D eigenvalue weighted by Gasteiger charge is 2.13. The molecule has 2 rings (SSSR count). The van der Waals surface area contributed by atoms with Gasteiger partial charge in [-0.1, -0.05) is 12.1 Å². The number of phenols is 1. The van der Waals surface area contributed by atoms with E-state index in [1.807, 2.05) is 38.1 Å². The molecule has 0 bridgehead atoms. The molecule has 0 radical (unpaired) electrons. The third-order valence-electron chi connectivity index (χ3n) is 3.83. The van der Waals surface area contributed by atoms with E-state index in [0.29, 0.717) is 5.69 Å². The van der Waals surface area contributed by atoms with E-state index in [4.69, 9.17) is 9.47 Å². The number of carbonyl (C=O) groups is 1. The molecule has 0 heterocycles. The Morgan fingerprint density at radius 3 is 2.39 bits per heavy atom. The molecule has 122 valence electrons. The van der Waals surface area contributed by atoms with Crippen molar-refractivity contribution in [1.82, 2.24) is 0 Å². The predicted molar refractivity (Wildman–Crippen MR) is 89.1 cm³/mol. The second kappa shape index (κ2) is 7.05. The maximum absolute atomic E-state index is 12.0. The van der Waals surface area contributed by atoms with Crippen LogP contribution in [0.1, 0.15) is 22.3 Å². The Hall–Kier alpha value is -2.69. The van der Waals surface area contributed by atoms with Gasteiger partial charge in [0.1, 0.15) is 18.1 Å². The van der Waals surface area contributed by atoms with Crippen LogP contribution in [0.15, 0.2) is 30.3 Å². The van der Waals surface area contributed by atoms with Gasteiger partial charge in [-0.25, -0.2) is 4.79 Å². The fraction of sp³-hybridized carbons (Fsp3) is 0.278. The van der Waals surface area contributed by atoms with Crippen molar-refractivity contribution in [1.29, 1.82) is 0 Å². The summed E-state index contributed by atoms with van der Waals surface area (Å²) in [5.41, 5.74) is 3.88. The first-order valence-electron chi connectivity index (χ1n) is 7.29. The Bertz CT molecular complexity index is 708. The number of rotatable bonds is 4. The molecule has 5 heteroatoms. The van der Waals surface area contributed by atoms with Crippen molar-refractivity contribution < 1.29 is 19.4 Å². The van der Waals surface area contributed by atoms with Gasteiger partial charge in [0.2, 0.25) is 0 Å². The minimum atomic E-state index is -0.530. The Balaban J connectivity index is 2.01. The van der Waals surface area contributed by atoms with Gasteiger partial charge in [-0.3, -0.25) is 5.32 Å². The van der Waals surface area contributed by atoms with E-state index in [1.54, 1.807) is 20.1 Å². The van der Waals surface area contributed by atoms with Crippen LogP contribution in [0.3, 0.4) is 0 Å². The highest BCUT2D eigenvalue weighted by Crippen LogP contribution is 2.30. The van der Waals surface area contributed by atoms with E-state index in [1.165, 1.54) is 0 Å². The van der Waals surface area contributed by atoms with E-state index in [9.17, 15) is 9.90 Å². The lowest BCUT2D eigenvalue weighted by molar-refractivity contribution is 0.155. The summed E-state index contributed by atoms with van der Waals surface area (Å²) in [6.07, 6.45) is -0.530. The average molecular weight is 315 g/mol. The molecule has 5 nitrogen and oxygen atoms in total. The second-order valence-corrected chi connectivity index (χ2v) is 5.39. The molecule has 0 atom stereocenters. The molecule has 0 fully saturated rings. The van der Waals surface area contributed by atoms with Gasteiger partial charge in [-0.2, -0.15) is 0 Å². The first-order valence-corrected chi connectivity index (χ1v) is 7.29. The van der Waals surface area contributed by atoms with Crippen LogP contribution in [0.4, 0.5) is 10.5 Å². The van der Waals surface area contributed by atoms with Gasteiger partial charge in [0.05, 0.1) is 12.8 Å². The number of carbonyl (C=O) groups excluding carboxylic acids is 1. The normalized spacial score (nSPS) is 10.3. The molecule has 0 unspecified atom stereocenters. The molecule has 2 aromatic carbocycles. The Kier molecular flexibility index (Phi) is 5.11. The third-order valence-corrected chi connectivity index (χ3v) is 3.83. The monoisotopic (exact) mass is 315 g/mol. The highest BCUT2D eigenvalue weighted by molar-refractivity contribution is 5.87. The van der Waals surface area contributed by atoms with E-state index >= 15 is 0 Å². The van der Waals surface area contributed by atoms with Crippen molar-refractivity contribution in [3.05, 3.63) is 52.6 Å². The number of amides is 1. The minimum absolute atomic E-state index is 0.172. The lowest BCUT2D eigenvalue weighted by Crippen LogP contribution is -2.15. The fourth-order valence-corrected chi connectivity index (χ4v) is 2.26. The summed E-state index contributed by atoms with van der Waals surface area (Å²) in [6, 6.07) is 8.94. The molecule has 0 saturated heterocycles. The van der Waals surface area contributed by atoms with Gasteiger partial charge >= 0.3 is 6.09 Å². The quantitative estimate of drug-likeness (QED) is 0.834. The molecule has 0 aliphatic rings. The van der Waals surface area contributed by atoms with E-state index in [-0.39, 0.29) is 12.4 Å². The smallest absolute Gasteiger partial charge is 0.411 e. The molecule has 23 heavy (non-hydrogen) atoms. The van der Waals surface area contributed by atoms with Crippen LogP contribution < -0.4 is 10.1 Å². The zero-order valence-corrected chi connectivity index (χ0v) is 13.8. The number of benzene rings is 2. The largest absolute Gasteiger partial charge is 0.508 e. The lowest BCUT2D eigenvalue weighted by atomic mass is 10.0. The number of hydrogen-bond donors (Lipinski definition) is 2. The number of ether oxygens (including phenoxy) is 2. The van der Waals surface area contributed by atoms with E-state index in [2.05, 4.69) is 5.32 Å². The second-order valence-electron chi connectivity index (χ2n) is 5.39. The molecule has 0 saturated carbocycles. The van der Waals surface area contributed by atoms with Crippen LogP contribution >= 0.6 is 0 Å². The molecule has 0 spiro atoms. The molecular formula is C18H21NO4. The predicted octanol–water partition coefficient (Wildman–Crippen LogP) is 4.07.